The Bertz CT molecular complexity index is 1160. The summed E-state index contributed by atoms with van der Waals surface area (Å²) in [6.07, 6.45) is 1.17. The molecular formula is C28H29Cl3N2O2S. The van der Waals surface area contributed by atoms with E-state index in [1.165, 1.54) is 11.8 Å². The summed E-state index contributed by atoms with van der Waals surface area (Å²) in [4.78, 5) is 29.8. The van der Waals surface area contributed by atoms with Crippen molar-refractivity contribution in [1.29, 1.82) is 0 Å². The number of hydrogen-bond donors (Lipinski definition) is 1. The van der Waals surface area contributed by atoms with E-state index >= 15 is 0 Å². The molecule has 8 heteroatoms. The van der Waals surface area contributed by atoms with E-state index in [-0.39, 0.29) is 30.2 Å². The second-order valence-electron chi connectivity index (χ2n) is 8.52. The first-order chi connectivity index (χ1) is 17.3. The third-order valence-electron chi connectivity index (χ3n) is 5.80. The molecule has 3 aromatic carbocycles. The molecule has 0 unspecified atom stereocenters. The van der Waals surface area contributed by atoms with Gasteiger partial charge in [0.15, 0.2) is 0 Å². The molecule has 0 radical (unpaired) electrons. The molecule has 0 saturated carbocycles. The largest absolute Gasteiger partial charge is 0.352 e. The molecule has 3 rings (SSSR count). The van der Waals surface area contributed by atoms with Crippen LogP contribution in [0.5, 0.6) is 0 Å². The van der Waals surface area contributed by atoms with Gasteiger partial charge in [-0.2, -0.15) is 0 Å². The zero-order valence-electron chi connectivity index (χ0n) is 20.2. The van der Waals surface area contributed by atoms with Crippen molar-refractivity contribution in [1.82, 2.24) is 10.2 Å². The molecule has 2 amide bonds. The monoisotopic (exact) mass is 562 g/mol. The van der Waals surface area contributed by atoms with E-state index in [4.69, 9.17) is 34.8 Å². The van der Waals surface area contributed by atoms with Gasteiger partial charge in [0.1, 0.15) is 6.04 Å². The van der Waals surface area contributed by atoms with Gasteiger partial charge in [0.25, 0.3) is 0 Å². The van der Waals surface area contributed by atoms with Crippen LogP contribution >= 0.6 is 46.6 Å². The van der Waals surface area contributed by atoms with Crippen molar-refractivity contribution in [2.45, 2.75) is 50.2 Å². The summed E-state index contributed by atoms with van der Waals surface area (Å²) in [6.45, 7) is 4.15. The topological polar surface area (TPSA) is 49.4 Å². The second kappa shape index (κ2) is 13.9. The van der Waals surface area contributed by atoms with Crippen LogP contribution in [0.1, 0.15) is 31.4 Å². The van der Waals surface area contributed by atoms with Gasteiger partial charge in [-0.25, -0.2) is 0 Å². The fraction of sp³-hybridized carbons (Fsp3) is 0.286. The predicted octanol–water partition coefficient (Wildman–Crippen LogP) is 7.29. The van der Waals surface area contributed by atoms with E-state index in [1.54, 1.807) is 35.2 Å². The summed E-state index contributed by atoms with van der Waals surface area (Å²) in [6, 6.07) is 21.5. The molecule has 0 aromatic heterocycles. The van der Waals surface area contributed by atoms with Gasteiger partial charge in [0.05, 0.1) is 5.75 Å². The van der Waals surface area contributed by atoms with Crippen molar-refractivity contribution in [2.24, 2.45) is 0 Å². The van der Waals surface area contributed by atoms with E-state index in [9.17, 15) is 9.59 Å². The summed E-state index contributed by atoms with van der Waals surface area (Å²) in [7, 11) is 0. The van der Waals surface area contributed by atoms with Gasteiger partial charge in [-0.1, -0.05) is 78.1 Å². The molecule has 4 nitrogen and oxygen atoms in total. The number of nitrogens with zero attached hydrogens (tertiary/aromatic N) is 1. The van der Waals surface area contributed by atoms with Crippen molar-refractivity contribution >= 4 is 58.4 Å². The molecule has 1 N–H and O–H groups in total. The van der Waals surface area contributed by atoms with Gasteiger partial charge in [0, 0.05) is 39.0 Å². The molecule has 190 valence electrons. The summed E-state index contributed by atoms with van der Waals surface area (Å²) in [5, 5.41) is 4.66. The van der Waals surface area contributed by atoms with Crippen LogP contribution in [-0.4, -0.2) is 34.6 Å². The van der Waals surface area contributed by atoms with E-state index in [0.717, 1.165) is 22.4 Å². The maximum absolute atomic E-state index is 13.7. The van der Waals surface area contributed by atoms with Gasteiger partial charge in [-0.3, -0.25) is 9.59 Å². The number of nitrogens with one attached hydrogen (secondary N) is 1. The predicted molar refractivity (Wildman–Crippen MR) is 151 cm³/mol. The number of hydrogen-bond acceptors (Lipinski definition) is 3. The third kappa shape index (κ3) is 8.45. The Hall–Kier alpha value is -2.18. The molecule has 0 aliphatic carbocycles. The highest BCUT2D eigenvalue weighted by atomic mass is 35.5. The first kappa shape index (κ1) is 28.4. The summed E-state index contributed by atoms with van der Waals surface area (Å²) < 4.78 is 0. The number of carbonyl (C=O) groups is 2. The van der Waals surface area contributed by atoms with E-state index in [2.05, 4.69) is 5.32 Å². The molecule has 0 aliphatic heterocycles. The van der Waals surface area contributed by atoms with Crippen LogP contribution in [0.3, 0.4) is 0 Å². The Morgan fingerprint density at radius 2 is 1.61 bits per heavy atom. The number of halogens is 3. The second-order valence-corrected chi connectivity index (χ2v) is 10.9. The third-order valence-corrected chi connectivity index (χ3v) is 7.64. The average molecular weight is 564 g/mol. The fourth-order valence-electron chi connectivity index (χ4n) is 3.59. The Kier molecular flexibility index (Phi) is 11.0. The molecule has 0 heterocycles. The van der Waals surface area contributed by atoms with Crippen LogP contribution < -0.4 is 5.32 Å². The minimum absolute atomic E-state index is 0.0183. The molecule has 0 aliphatic rings. The highest BCUT2D eigenvalue weighted by Crippen LogP contribution is 2.26. The standard InChI is InChI=1S/C28H29Cl3N2O2S/c1-3-19(2)32-28(35)26(15-20-7-5-4-6-8-20)33(17-21-9-10-23(30)16-25(21)31)27(34)18-36-24-13-11-22(29)12-14-24/h4-14,16,19,26H,3,15,17-18H2,1-2H3,(H,32,35)/t19-,26+/m0/s1. The summed E-state index contributed by atoms with van der Waals surface area (Å²) in [5.41, 5.74) is 1.69. The minimum atomic E-state index is -0.716. The lowest BCUT2D eigenvalue weighted by Crippen LogP contribution is -2.52. The number of benzene rings is 3. The molecule has 3 aromatic rings. The molecule has 0 spiro atoms. The molecule has 0 saturated heterocycles. The SMILES string of the molecule is CC[C@H](C)NC(=O)[C@@H](Cc1ccccc1)N(Cc1ccc(Cl)cc1Cl)C(=O)CSc1ccc(Cl)cc1. The lowest BCUT2D eigenvalue weighted by atomic mass is 10.0. The lowest BCUT2D eigenvalue weighted by Gasteiger charge is -2.32. The van der Waals surface area contributed by atoms with Crippen LogP contribution in [0.2, 0.25) is 15.1 Å². The van der Waals surface area contributed by atoms with Crippen molar-refractivity contribution in [2.75, 3.05) is 5.75 Å². The Labute approximate surface area is 232 Å². The Morgan fingerprint density at radius 3 is 2.25 bits per heavy atom. The quantitative estimate of drug-likeness (QED) is 0.249. The van der Waals surface area contributed by atoms with Gasteiger partial charge in [-0.05, 0) is 60.9 Å². The summed E-state index contributed by atoms with van der Waals surface area (Å²) >= 11 is 20.0. The Balaban J connectivity index is 1.93. The van der Waals surface area contributed by atoms with Crippen LogP contribution in [0.4, 0.5) is 0 Å². The van der Waals surface area contributed by atoms with E-state index in [1.807, 2.05) is 56.3 Å². The summed E-state index contributed by atoms with van der Waals surface area (Å²) in [5.74, 6) is -0.196. The van der Waals surface area contributed by atoms with Gasteiger partial charge in [0.2, 0.25) is 11.8 Å². The van der Waals surface area contributed by atoms with Crippen molar-refractivity contribution in [3.63, 3.8) is 0 Å². The number of rotatable bonds is 11. The maximum Gasteiger partial charge on any atom is 0.243 e. The van der Waals surface area contributed by atoms with Crippen molar-refractivity contribution in [3.05, 3.63) is 99.0 Å². The minimum Gasteiger partial charge on any atom is -0.352 e. The van der Waals surface area contributed by atoms with Gasteiger partial charge >= 0.3 is 0 Å². The maximum atomic E-state index is 13.7. The van der Waals surface area contributed by atoms with E-state index in [0.29, 0.717) is 21.5 Å². The molecule has 2 atom stereocenters. The van der Waals surface area contributed by atoms with Crippen molar-refractivity contribution in [3.8, 4) is 0 Å². The molecular weight excluding hydrogens is 535 g/mol. The fourth-order valence-corrected chi connectivity index (χ4v) is 4.97. The van der Waals surface area contributed by atoms with Crippen molar-refractivity contribution < 1.29 is 9.59 Å². The van der Waals surface area contributed by atoms with Gasteiger partial charge in [-0.15, -0.1) is 11.8 Å². The van der Waals surface area contributed by atoms with Crippen LogP contribution in [-0.2, 0) is 22.6 Å². The first-order valence-corrected chi connectivity index (χ1v) is 13.8. The molecule has 0 bridgehead atoms. The zero-order valence-corrected chi connectivity index (χ0v) is 23.3. The van der Waals surface area contributed by atoms with Gasteiger partial charge < -0.3 is 10.2 Å². The number of carbonyl (C=O) groups excluding carboxylic acids is 2. The number of thioether (sulfide) groups is 1. The highest BCUT2D eigenvalue weighted by molar-refractivity contribution is 8.00. The molecule has 36 heavy (non-hydrogen) atoms. The Morgan fingerprint density at radius 1 is 0.944 bits per heavy atom. The van der Waals surface area contributed by atoms with Crippen LogP contribution in [0.25, 0.3) is 0 Å². The lowest BCUT2D eigenvalue weighted by molar-refractivity contribution is -0.139. The number of amides is 2. The smallest absolute Gasteiger partial charge is 0.243 e. The van der Waals surface area contributed by atoms with Crippen LogP contribution in [0, 0.1) is 0 Å². The van der Waals surface area contributed by atoms with Crippen LogP contribution in [0.15, 0.2) is 77.7 Å². The highest BCUT2D eigenvalue weighted by Gasteiger charge is 2.31. The normalized spacial score (nSPS) is 12.6. The average Bonchev–Trinajstić information content (AvgIpc) is 2.87. The zero-order chi connectivity index (χ0) is 26.1. The first-order valence-electron chi connectivity index (χ1n) is 11.7. The van der Waals surface area contributed by atoms with E-state index < -0.39 is 6.04 Å². The molecule has 0 fully saturated rings.